The monoisotopic (exact) mass is 416 g/mol. The Kier molecular flexibility index (Phi) is 5.17. The van der Waals surface area contributed by atoms with Gasteiger partial charge in [0.1, 0.15) is 24.9 Å². The predicted molar refractivity (Wildman–Crippen MR) is 101 cm³/mol. The normalized spacial score (nSPS) is 22.1. The van der Waals surface area contributed by atoms with Crippen molar-refractivity contribution in [3.05, 3.63) is 72.1 Å². The Labute approximate surface area is 168 Å². The average molecular weight is 416 g/mol. The van der Waals surface area contributed by atoms with Gasteiger partial charge in [-0.1, -0.05) is 23.8 Å². The van der Waals surface area contributed by atoms with E-state index in [9.17, 15) is 13.0 Å². The van der Waals surface area contributed by atoms with Gasteiger partial charge in [-0.15, -0.1) is 0 Å². The molecule has 0 bridgehead atoms. The molecule has 1 aliphatic rings. The lowest BCUT2D eigenvalue weighted by Crippen LogP contribution is -2.35. The van der Waals surface area contributed by atoms with Crippen molar-refractivity contribution in [3.63, 3.8) is 0 Å². The summed E-state index contributed by atoms with van der Waals surface area (Å²) in [6.07, 6.45) is 4.44. The Hall–Kier alpha value is -2.66. The van der Waals surface area contributed by atoms with Crippen LogP contribution in [0.3, 0.4) is 0 Å². The van der Waals surface area contributed by atoms with Crippen molar-refractivity contribution < 1.29 is 22.4 Å². The first-order valence-electron chi connectivity index (χ1n) is 8.98. The maximum atomic E-state index is 11.8. The number of rotatable bonds is 6. The van der Waals surface area contributed by atoms with Gasteiger partial charge in [0.25, 0.3) is 10.1 Å². The zero-order valence-electron chi connectivity index (χ0n) is 15.7. The second-order valence-corrected chi connectivity index (χ2v) is 8.29. The fourth-order valence-electron chi connectivity index (χ4n) is 3.44. The Balaban J connectivity index is 1.63. The van der Waals surface area contributed by atoms with Crippen molar-refractivity contribution >= 4 is 10.1 Å². The van der Waals surface area contributed by atoms with E-state index >= 15 is 0 Å². The highest BCUT2D eigenvalue weighted by Gasteiger charge is 2.45. The van der Waals surface area contributed by atoms with Gasteiger partial charge >= 0.3 is 0 Å². The van der Waals surface area contributed by atoms with Crippen LogP contribution in [0.1, 0.15) is 16.8 Å². The van der Waals surface area contributed by atoms with Gasteiger partial charge < -0.3 is 9.47 Å². The summed E-state index contributed by atoms with van der Waals surface area (Å²) >= 11 is 0. The zero-order valence-corrected chi connectivity index (χ0v) is 16.5. The van der Waals surface area contributed by atoms with Crippen LogP contribution in [0.2, 0.25) is 0 Å². The van der Waals surface area contributed by atoms with Crippen LogP contribution < -0.4 is 0 Å². The summed E-state index contributed by atoms with van der Waals surface area (Å²) in [4.78, 5) is 8.20. The summed E-state index contributed by atoms with van der Waals surface area (Å²) in [6, 6.07) is 10.2. The summed E-state index contributed by atoms with van der Waals surface area (Å²) < 4.78 is 47.0. The molecule has 29 heavy (non-hydrogen) atoms. The molecule has 4 rings (SSSR count). The smallest absolute Gasteiger partial charge is 0.294 e. The molecule has 1 N–H and O–H groups in total. The minimum Gasteiger partial charge on any atom is -0.340 e. The Morgan fingerprint density at radius 1 is 1.31 bits per heavy atom. The summed E-state index contributed by atoms with van der Waals surface area (Å²) in [5.41, 5.74) is 1.93. The lowest BCUT2D eigenvalue weighted by Gasteiger charge is -2.27. The summed E-state index contributed by atoms with van der Waals surface area (Å²) in [7, 11) is -4.34. The topological polar surface area (TPSA) is 116 Å². The van der Waals surface area contributed by atoms with Gasteiger partial charge in [0.05, 0.1) is 17.6 Å². The van der Waals surface area contributed by atoms with E-state index in [0.717, 1.165) is 5.56 Å². The molecule has 10 heteroatoms. The fourth-order valence-corrected chi connectivity index (χ4v) is 4.16. The Bertz CT molecular complexity index is 1090. The highest BCUT2D eigenvalue weighted by molar-refractivity contribution is 7.85. The SMILES string of the molecule is Cc1ccc(S(=O)(=O)O)c(C[C@@H]2CO[C@@](Cn3cncn3)(c3ccccn3)O2)c1. The van der Waals surface area contributed by atoms with E-state index in [1.54, 1.807) is 41.5 Å². The molecule has 0 spiro atoms. The van der Waals surface area contributed by atoms with E-state index in [1.807, 2.05) is 13.0 Å². The van der Waals surface area contributed by atoms with Gasteiger partial charge in [0.2, 0.25) is 5.79 Å². The number of aromatic nitrogens is 4. The molecule has 9 nitrogen and oxygen atoms in total. The van der Waals surface area contributed by atoms with Crippen LogP contribution >= 0.6 is 0 Å². The zero-order chi connectivity index (χ0) is 20.5. The highest BCUT2D eigenvalue weighted by atomic mass is 32.2. The first kappa shape index (κ1) is 19.6. The first-order chi connectivity index (χ1) is 13.9. The molecule has 0 saturated carbocycles. The van der Waals surface area contributed by atoms with Crippen molar-refractivity contribution in [1.82, 2.24) is 19.7 Å². The summed E-state index contributed by atoms with van der Waals surface area (Å²) in [5.74, 6) is -1.18. The number of hydrogen-bond donors (Lipinski definition) is 1. The third-order valence-corrected chi connectivity index (χ3v) is 5.65. The second-order valence-electron chi connectivity index (χ2n) is 6.90. The molecule has 1 saturated heterocycles. The van der Waals surface area contributed by atoms with Crippen LogP contribution in [0.4, 0.5) is 0 Å². The standard InChI is InChI=1S/C19H20N4O5S/c1-14-5-6-17(29(24,25)26)15(8-14)9-16-10-27-19(28-16,11-23-13-20-12-22-23)18-4-2-3-7-21-18/h2-8,12-13,16H,9-11H2,1H3,(H,24,25,26)/t16-,19-/m1/s1. The van der Waals surface area contributed by atoms with Gasteiger partial charge in [0.15, 0.2) is 0 Å². The third kappa shape index (κ3) is 4.20. The van der Waals surface area contributed by atoms with Crippen LogP contribution in [-0.4, -0.2) is 45.4 Å². The summed E-state index contributed by atoms with van der Waals surface area (Å²) in [5, 5.41) is 4.12. The maximum Gasteiger partial charge on any atom is 0.294 e. The van der Waals surface area contributed by atoms with Crippen LogP contribution in [0.5, 0.6) is 0 Å². The average Bonchev–Trinajstić information content (AvgIpc) is 3.33. The number of hydrogen-bond acceptors (Lipinski definition) is 7. The van der Waals surface area contributed by atoms with Crippen molar-refractivity contribution in [3.8, 4) is 0 Å². The fraction of sp³-hybridized carbons (Fsp3) is 0.316. The van der Waals surface area contributed by atoms with Gasteiger partial charge in [-0.05, 0) is 30.7 Å². The molecule has 2 atom stereocenters. The summed E-state index contributed by atoms with van der Waals surface area (Å²) in [6.45, 7) is 2.32. The molecule has 1 aromatic carbocycles. The lowest BCUT2D eigenvalue weighted by molar-refractivity contribution is -0.191. The van der Waals surface area contributed by atoms with E-state index in [1.165, 1.54) is 12.4 Å². The van der Waals surface area contributed by atoms with E-state index in [2.05, 4.69) is 15.1 Å². The van der Waals surface area contributed by atoms with Gasteiger partial charge in [0, 0.05) is 12.6 Å². The van der Waals surface area contributed by atoms with E-state index in [-0.39, 0.29) is 24.5 Å². The van der Waals surface area contributed by atoms with Crippen molar-refractivity contribution in [2.24, 2.45) is 0 Å². The minimum absolute atomic E-state index is 0.127. The van der Waals surface area contributed by atoms with E-state index in [4.69, 9.17) is 9.47 Å². The highest BCUT2D eigenvalue weighted by Crippen LogP contribution is 2.36. The van der Waals surface area contributed by atoms with E-state index in [0.29, 0.717) is 11.3 Å². The molecular formula is C19H20N4O5S. The quantitative estimate of drug-likeness (QED) is 0.604. The number of pyridine rings is 1. The van der Waals surface area contributed by atoms with Crippen molar-refractivity contribution in [1.29, 1.82) is 0 Å². The first-order valence-corrected chi connectivity index (χ1v) is 10.4. The van der Waals surface area contributed by atoms with Crippen LogP contribution in [0, 0.1) is 6.92 Å². The molecular weight excluding hydrogens is 396 g/mol. The molecule has 152 valence electrons. The molecule has 0 aliphatic carbocycles. The third-order valence-electron chi connectivity index (χ3n) is 4.69. The Morgan fingerprint density at radius 2 is 2.17 bits per heavy atom. The lowest BCUT2D eigenvalue weighted by atomic mass is 10.1. The largest absolute Gasteiger partial charge is 0.340 e. The molecule has 0 amide bonds. The molecule has 2 aromatic heterocycles. The molecule has 3 heterocycles. The number of nitrogens with zero attached hydrogens (tertiary/aromatic N) is 4. The van der Waals surface area contributed by atoms with Crippen LogP contribution in [0.15, 0.2) is 60.1 Å². The molecule has 1 aliphatic heterocycles. The molecule has 0 unspecified atom stereocenters. The van der Waals surface area contributed by atoms with E-state index < -0.39 is 22.0 Å². The van der Waals surface area contributed by atoms with Crippen LogP contribution in [0.25, 0.3) is 0 Å². The van der Waals surface area contributed by atoms with Gasteiger partial charge in [-0.25, -0.2) is 9.67 Å². The predicted octanol–water partition coefficient (Wildman–Crippen LogP) is 1.74. The number of benzene rings is 1. The Morgan fingerprint density at radius 3 is 2.86 bits per heavy atom. The maximum absolute atomic E-state index is 11.8. The van der Waals surface area contributed by atoms with Crippen molar-refractivity contribution in [2.75, 3.05) is 6.61 Å². The molecule has 0 radical (unpaired) electrons. The van der Waals surface area contributed by atoms with Gasteiger partial charge in [-0.2, -0.15) is 13.5 Å². The molecule has 3 aromatic rings. The van der Waals surface area contributed by atoms with Gasteiger partial charge in [-0.3, -0.25) is 9.54 Å². The van der Waals surface area contributed by atoms with Crippen molar-refractivity contribution in [2.45, 2.75) is 36.7 Å². The van der Waals surface area contributed by atoms with Crippen LogP contribution in [-0.2, 0) is 38.3 Å². The number of ether oxygens (including phenoxy) is 2. The minimum atomic E-state index is -4.34. The molecule has 1 fully saturated rings. The second kappa shape index (κ2) is 7.64. The number of aryl methyl sites for hydroxylation is 1.